The van der Waals surface area contributed by atoms with E-state index in [1.165, 1.54) is 30.2 Å². The van der Waals surface area contributed by atoms with Gasteiger partial charge in [-0.05, 0) is 47.7 Å². The summed E-state index contributed by atoms with van der Waals surface area (Å²) in [7, 11) is 0. The van der Waals surface area contributed by atoms with Gasteiger partial charge < -0.3 is 4.90 Å². The predicted molar refractivity (Wildman–Crippen MR) is 94.4 cm³/mol. The van der Waals surface area contributed by atoms with Crippen LogP contribution in [0.25, 0.3) is 0 Å². The molecular formula is C21H17FN3. The number of fused-ring (bicyclic) bond motifs is 2. The molecule has 1 fully saturated rings. The quantitative estimate of drug-likeness (QED) is 0.721. The van der Waals surface area contributed by atoms with Crippen molar-refractivity contribution in [3.05, 3.63) is 83.4 Å². The zero-order valence-corrected chi connectivity index (χ0v) is 13.7. The highest BCUT2D eigenvalue weighted by atomic mass is 19.1. The largest absolute Gasteiger partial charge is 0.309 e. The van der Waals surface area contributed by atoms with Gasteiger partial charge >= 0.3 is 0 Å². The van der Waals surface area contributed by atoms with Gasteiger partial charge in [-0.2, -0.15) is 0 Å². The fourth-order valence-electron chi connectivity index (χ4n) is 3.76. The maximum atomic E-state index is 13.8. The Morgan fingerprint density at radius 3 is 2.68 bits per heavy atom. The second-order valence-electron chi connectivity index (χ2n) is 6.97. The van der Waals surface area contributed by atoms with Crippen LogP contribution in [0, 0.1) is 11.9 Å². The molecule has 5 rings (SSSR count). The van der Waals surface area contributed by atoms with Crippen molar-refractivity contribution in [2.45, 2.75) is 24.7 Å². The third-order valence-corrected chi connectivity index (χ3v) is 5.30. The van der Waals surface area contributed by atoms with Crippen molar-refractivity contribution in [3.63, 3.8) is 0 Å². The summed E-state index contributed by atoms with van der Waals surface area (Å²) in [5.41, 5.74) is 4.43. The smallest absolute Gasteiger partial charge is 0.229 e. The molecule has 0 amide bonds. The molecule has 1 aliphatic heterocycles. The summed E-state index contributed by atoms with van der Waals surface area (Å²) in [6.07, 6.45) is 6.57. The average molecular weight is 330 g/mol. The van der Waals surface area contributed by atoms with E-state index in [0.29, 0.717) is 23.3 Å². The number of rotatable bonds is 3. The van der Waals surface area contributed by atoms with Gasteiger partial charge in [0.05, 0.1) is 0 Å². The molecule has 0 bridgehead atoms. The lowest BCUT2D eigenvalue weighted by Crippen LogP contribution is -2.21. The van der Waals surface area contributed by atoms with Crippen LogP contribution < -0.4 is 4.90 Å². The number of anilines is 2. The number of hydrogen-bond donors (Lipinski definition) is 0. The van der Waals surface area contributed by atoms with Crippen LogP contribution in [-0.4, -0.2) is 16.5 Å². The Balaban J connectivity index is 1.42. The molecule has 1 aromatic heterocycles. The van der Waals surface area contributed by atoms with Crippen LogP contribution >= 0.6 is 0 Å². The first-order valence-electron chi connectivity index (χ1n) is 8.58. The van der Waals surface area contributed by atoms with Crippen LogP contribution in [0.2, 0.25) is 0 Å². The third kappa shape index (κ3) is 2.40. The molecule has 1 saturated carbocycles. The predicted octanol–water partition coefficient (Wildman–Crippen LogP) is 4.19. The summed E-state index contributed by atoms with van der Waals surface area (Å²) in [6, 6.07) is 16.2. The van der Waals surface area contributed by atoms with Gasteiger partial charge in [-0.1, -0.05) is 30.3 Å². The Labute approximate surface area is 146 Å². The van der Waals surface area contributed by atoms with Crippen LogP contribution in [0.4, 0.5) is 16.0 Å². The van der Waals surface area contributed by atoms with Crippen molar-refractivity contribution >= 4 is 11.6 Å². The molecule has 1 aliphatic carbocycles. The van der Waals surface area contributed by atoms with E-state index in [9.17, 15) is 4.39 Å². The zero-order valence-electron chi connectivity index (χ0n) is 13.7. The monoisotopic (exact) mass is 330 g/mol. The minimum Gasteiger partial charge on any atom is -0.309 e. The summed E-state index contributed by atoms with van der Waals surface area (Å²) in [5, 5.41) is 0. The molecule has 1 spiro atoms. The molecule has 25 heavy (non-hydrogen) atoms. The van der Waals surface area contributed by atoms with E-state index >= 15 is 0 Å². The second-order valence-corrected chi connectivity index (χ2v) is 6.97. The van der Waals surface area contributed by atoms with Crippen LogP contribution in [0.1, 0.15) is 29.5 Å². The van der Waals surface area contributed by atoms with Gasteiger partial charge in [-0.3, -0.25) is 0 Å². The topological polar surface area (TPSA) is 29.0 Å². The summed E-state index contributed by atoms with van der Waals surface area (Å²) in [4.78, 5) is 11.3. The highest BCUT2D eigenvalue weighted by Crippen LogP contribution is 2.57. The maximum absolute atomic E-state index is 13.8. The molecule has 0 saturated heterocycles. The molecule has 2 heterocycles. The van der Waals surface area contributed by atoms with E-state index in [0.717, 1.165) is 12.1 Å². The minimum absolute atomic E-state index is 0.189. The van der Waals surface area contributed by atoms with E-state index in [4.69, 9.17) is 0 Å². The van der Waals surface area contributed by atoms with Crippen LogP contribution in [0.15, 0.2) is 54.9 Å². The van der Waals surface area contributed by atoms with Gasteiger partial charge in [0.15, 0.2) is 0 Å². The second kappa shape index (κ2) is 5.38. The standard InChI is InChI=1S/C21H17FN3/c22-18-7-3-1-5-16(18)11-15-12-23-20(24-13-15)25-14-21(9-10-21)17-6-2-4-8-19(17)25/h1-3,5-8,12-13H,9-11,14H2. The van der Waals surface area contributed by atoms with Crippen molar-refractivity contribution in [2.24, 2.45) is 0 Å². The molecule has 1 radical (unpaired) electrons. The van der Waals surface area contributed by atoms with Crippen LogP contribution in [-0.2, 0) is 11.8 Å². The molecule has 3 aromatic rings. The lowest BCUT2D eigenvalue weighted by atomic mass is 9.99. The number of nitrogens with zero attached hydrogens (tertiary/aromatic N) is 3. The summed E-state index contributed by atoms with van der Waals surface area (Å²) in [5.74, 6) is 0.521. The number of benzene rings is 2. The zero-order chi connectivity index (χ0) is 16.9. The summed E-state index contributed by atoms with van der Waals surface area (Å²) >= 11 is 0. The molecule has 3 nitrogen and oxygen atoms in total. The van der Waals surface area contributed by atoms with Gasteiger partial charge in [0.2, 0.25) is 5.95 Å². The van der Waals surface area contributed by atoms with E-state index < -0.39 is 0 Å². The first-order chi connectivity index (χ1) is 12.3. The first kappa shape index (κ1) is 14.6. The van der Waals surface area contributed by atoms with Crippen LogP contribution in [0.3, 0.4) is 0 Å². The van der Waals surface area contributed by atoms with Crippen molar-refractivity contribution in [1.29, 1.82) is 0 Å². The SMILES string of the molecule is Fc1ccccc1Cc1cnc(N2CC3(CC3)c3cc[c]cc32)nc1. The number of aromatic nitrogens is 2. The third-order valence-electron chi connectivity index (χ3n) is 5.30. The fraction of sp³-hybridized carbons (Fsp3) is 0.238. The molecule has 123 valence electrons. The molecule has 0 unspecified atom stereocenters. The van der Waals surface area contributed by atoms with E-state index in [2.05, 4.69) is 27.0 Å². The van der Waals surface area contributed by atoms with E-state index in [-0.39, 0.29) is 5.82 Å². The Hall–Kier alpha value is -2.75. The van der Waals surface area contributed by atoms with Crippen LogP contribution in [0.5, 0.6) is 0 Å². The molecule has 2 aromatic carbocycles. The summed E-state index contributed by atoms with van der Waals surface area (Å²) < 4.78 is 13.8. The Kier molecular flexibility index (Phi) is 3.14. The van der Waals surface area contributed by atoms with Gasteiger partial charge in [0, 0.05) is 36.5 Å². The van der Waals surface area contributed by atoms with Crippen molar-refractivity contribution < 1.29 is 4.39 Å². The highest BCUT2D eigenvalue weighted by molar-refractivity contribution is 5.70. The molecule has 0 N–H and O–H groups in total. The lowest BCUT2D eigenvalue weighted by Gasteiger charge is -2.17. The maximum Gasteiger partial charge on any atom is 0.229 e. The van der Waals surface area contributed by atoms with Crippen molar-refractivity contribution in [1.82, 2.24) is 9.97 Å². The lowest BCUT2D eigenvalue weighted by molar-refractivity contribution is 0.614. The van der Waals surface area contributed by atoms with E-state index in [1.54, 1.807) is 24.5 Å². The number of halogens is 1. The molecule has 4 heteroatoms. The fourth-order valence-corrected chi connectivity index (χ4v) is 3.76. The Morgan fingerprint density at radius 1 is 1.12 bits per heavy atom. The van der Waals surface area contributed by atoms with E-state index in [1.807, 2.05) is 18.2 Å². The van der Waals surface area contributed by atoms with Gasteiger partial charge in [-0.25, -0.2) is 14.4 Å². The molecule has 0 atom stereocenters. The average Bonchev–Trinajstić information content (AvgIpc) is 3.35. The first-order valence-corrected chi connectivity index (χ1v) is 8.58. The summed E-state index contributed by atoms with van der Waals surface area (Å²) in [6.45, 7) is 0.937. The number of hydrogen-bond acceptors (Lipinski definition) is 3. The van der Waals surface area contributed by atoms with Crippen molar-refractivity contribution in [3.8, 4) is 0 Å². The Morgan fingerprint density at radius 2 is 1.92 bits per heavy atom. The molecular weight excluding hydrogens is 313 g/mol. The molecule has 2 aliphatic rings. The Bertz CT molecular complexity index is 932. The minimum atomic E-state index is -0.189. The van der Waals surface area contributed by atoms with Gasteiger partial charge in [0.25, 0.3) is 0 Å². The van der Waals surface area contributed by atoms with Gasteiger partial charge in [-0.15, -0.1) is 0 Å². The van der Waals surface area contributed by atoms with Crippen molar-refractivity contribution in [2.75, 3.05) is 11.4 Å². The highest BCUT2D eigenvalue weighted by Gasteiger charge is 2.52. The normalized spacial score (nSPS) is 16.9. The van der Waals surface area contributed by atoms with Gasteiger partial charge in [0.1, 0.15) is 5.82 Å².